The lowest BCUT2D eigenvalue weighted by Gasteiger charge is -2.32. The van der Waals surface area contributed by atoms with Gasteiger partial charge in [-0.3, -0.25) is 14.4 Å². The minimum Gasteiger partial charge on any atom is -0.467 e. The van der Waals surface area contributed by atoms with Crippen LogP contribution in [-0.2, 0) is 16.1 Å². The molecule has 3 amide bonds. The van der Waals surface area contributed by atoms with Gasteiger partial charge in [0.15, 0.2) is 5.76 Å². The zero-order valence-corrected chi connectivity index (χ0v) is 18.5. The van der Waals surface area contributed by atoms with Gasteiger partial charge in [-0.05, 0) is 43.2 Å². The highest BCUT2D eigenvalue weighted by Gasteiger charge is 2.35. The smallest absolute Gasteiger partial charge is 0.287 e. The number of hydrogen-bond donors (Lipinski definition) is 2. The van der Waals surface area contributed by atoms with Crippen LogP contribution in [0.3, 0.4) is 0 Å². The third-order valence-corrected chi connectivity index (χ3v) is 5.83. The van der Waals surface area contributed by atoms with Gasteiger partial charge in [-0.2, -0.15) is 0 Å². The summed E-state index contributed by atoms with van der Waals surface area (Å²) in [5, 5.41) is 5.47. The molecule has 1 atom stereocenters. The van der Waals surface area contributed by atoms with Gasteiger partial charge in [-0.25, -0.2) is 4.39 Å². The highest BCUT2D eigenvalue weighted by Crippen LogP contribution is 2.28. The zero-order valence-electron chi connectivity index (χ0n) is 18.5. The van der Waals surface area contributed by atoms with E-state index >= 15 is 0 Å². The number of hydrogen-bond acceptors (Lipinski definition) is 5. The van der Waals surface area contributed by atoms with Crippen molar-refractivity contribution in [2.45, 2.75) is 44.3 Å². The average Bonchev–Trinajstić information content (AvgIpc) is 3.62. The van der Waals surface area contributed by atoms with E-state index < -0.39 is 36.1 Å². The van der Waals surface area contributed by atoms with E-state index in [2.05, 4.69) is 10.6 Å². The van der Waals surface area contributed by atoms with Gasteiger partial charge >= 0.3 is 0 Å². The average molecular weight is 467 g/mol. The maximum atomic E-state index is 14.9. The van der Waals surface area contributed by atoms with E-state index in [1.54, 1.807) is 24.3 Å². The lowest BCUT2D eigenvalue weighted by atomic mass is 10.0. The number of nitrogens with zero attached hydrogens (tertiary/aromatic N) is 1. The molecule has 3 aromatic rings. The van der Waals surface area contributed by atoms with Crippen LogP contribution in [0.25, 0.3) is 0 Å². The summed E-state index contributed by atoms with van der Waals surface area (Å²) < 4.78 is 25.4. The molecule has 9 heteroatoms. The van der Waals surface area contributed by atoms with Gasteiger partial charge in [-0.1, -0.05) is 31.0 Å². The van der Waals surface area contributed by atoms with Crippen molar-refractivity contribution >= 4 is 17.7 Å². The Labute approximate surface area is 196 Å². The second-order valence-electron chi connectivity index (χ2n) is 8.18. The number of halogens is 1. The lowest BCUT2D eigenvalue weighted by molar-refractivity contribution is -0.141. The van der Waals surface area contributed by atoms with Crippen LogP contribution in [0.15, 0.2) is 69.9 Å². The van der Waals surface area contributed by atoms with Crippen molar-refractivity contribution in [3.63, 3.8) is 0 Å². The summed E-state index contributed by atoms with van der Waals surface area (Å²) in [6.45, 7) is -0.499. The summed E-state index contributed by atoms with van der Waals surface area (Å²) in [6, 6.07) is 10.9. The normalized spacial score (nSPS) is 14.5. The van der Waals surface area contributed by atoms with E-state index in [0.717, 1.165) is 25.7 Å². The number of carbonyl (C=O) groups excluding carboxylic acids is 3. The zero-order chi connectivity index (χ0) is 23.9. The Morgan fingerprint density at radius 1 is 1.00 bits per heavy atom. The van der Waals surface area contributed by atoms with E-state index in [0.29, 0.717) is 5.76 Å². The van der Waals surface area contributed by atoms with E-state index in [-0.39, 0.29) is 23.9 Å². The minimum absolute atomic E-state index is 0.0269. The molecular weight excluding hydrogens is 441 g/mol. The van der Waals surface area contributed by atoms with Crippen LogP contribution in [0.4, 0.5) is 4.39 Å². The standard InChI is InChI=1S/C25H26FN3O5/c26-20-11-4-3-10-19(20)23(25(32)28-17-7-1-2-8-17)29(16-18-9-5-13-33-18)22(30)15-27-24(31)21-12-6-14-34-21/h3-6,9-14,17,23H,1-2,7-8,15-16H2,(H,27,31)(H,28,32)/t23-/m0/s1. The van der Waals surface area contributed by atoms with Gasteiger partial charge in [0, 0.05) is 11.6 Å². The molecule has 1 aliphatic rings. The Kier molecular flexibility index (Phi) is 7.41. The predicted octanol–water partition coefficient (Wildman–Crippen LogP) is 3.57. The van der Waals surface area contributed by atoms with Gasteiger partial charge in [0.25, 0.3) is 5.91 Å². The van der Waals surface area contributed by atoms with Crippen LogP contribution in [0.2, 0.25) is 0 Å². The Morgan fingerprint density at radius 2 is 1.74 bits per heavy atom. The lowest BCUT2D eigenvalue weighted by Crippen LogP contribution is -2.48. The second-order valence-corrected chi connectivity index (χ2v) is 8.18. The molecule has 0 saturated heterocycles. The van der Waals surface area contributed by atoms with Crippen LogP contribution >= 0.6 is 0 Å². The summed E-state index contributed by atoms with van der Waals surface area (Å²) in [5.74, 6) is -1.77. The van der Waals surface area contributed by atoms with E-state index in [1.165, 1.54) is 41.7 Å². The first-order valence-electron chi connectivity index (χ1n) is 11.2. The van der Waals surface area contributed by atoms with Crippen LogP contribution < -0.4 is 10.6 Å². The van der Waals surface area contributed by atoms with Gasteiger partial charge in [0.2, 0.25) is 11.8 Å². The molecule has 0 radical (unpaired) electrons. The molecule has 1 aromatic carbocycles. The molecular formula is C25H26FN3O5. The summed E-state index contributed by atoms with van der Waals surface area (Å²) >= 11 is 0. The largest absolute Gasteiger partial charge is 0.467 e. The second kappa shape index (κ2) is 10.8. The SMILES string of the molecule is O=C(NCC(=O)N(Cc1ccco1)[C@H](C(=O)NC1CCCC1)c1ccccc1F)c1ccco1. The van der Waals surface area contributed by atoms with Crippen molar-refractivity contribution in [1.29, 1.82) is 0 Å². The molecule has 8 nitrogen and oxygen atoms in total. The third-order valence-electron chi connectivity index (χ3n) is 5.83. The molecule has 34 heavy (non-hydrogen) atoms. The van der Waals surface area contributed by atoms with Crippen molar-refractivity contribution in [3.8, 4) is 0 Å². The minimum atomic E-state index is -1.25. The predicted molar refractivity (Wildman–Crippen MR) is 120 cm³/mol. The van der Waals surface area contributed by atoms with Crippen molar-refractivity contribution in [2.24, 2.45) is 0 Å². The molecule has 2 heterocycles. The molecule has 178 valence electrons. The molecule has 1 fully saturated rings. The van der Waals surface area contributed by atoms with Crippen molar-refractivity contribution < 1.29 is 27.6 Å². The number of nitrogens with one attached hydrogen (secondary N) is 2. The Hall–Kier alpha value is -3.88. The summed E-state index contributed by atoms with van der Waals surface area (Å²) in [6.07, 6.45) is 6.48. The first kappa shape index (κ1) is 23.3. The Bertz CT molecular complexity index is 1110. The molecule has 0 aliphatic heterocycles. The Balaban J connectivity index is 1.62. The first-order valence-corrected chi connectivity index (χ1v) is 11.2. The monoisotopic (exact) mass is 467 g/mol. The molecule has 0 spiro atoms. The maximum absolute atomic E-state index is 14.9. The molecule has 0 unspecified atom stereocenters. The molecule has 2 N–H and O–H groups in total. The maximum Gasteiger partial charge on any atom is 0.287 e. The van der Waals surface area contributed by atoms with Gasteiger partial charge in [-0.15, -0.1) is 0 Å². The quantitative estimate of drug-likeness (QED) is 0.501. The van der Waals surface area contributed by atoms with Gasteiger partial charge < -0.3 is 24.4 Å². The van der Waals surface area contributed by atoms with E-state index in [9.17, 15) is 18.8 Å². The fourth-order valence-corrected chi connectivity index (χ4v) is 4.14. The summed E-state index contributed by atoms with van der Waals surface area (Å²) in [4.78, 5) is 40.3. The summed E-state index contributed by atoms with van der Waals surface area (Å²) in [7, 11) is 0. The topological polar surface area (TPSA) is 105 Å². The van der Waals surface area contributed by atoms with Crippen LogP contribution in [-0.4, -0.2) is 35.2 Å². The van der Waals surface area contributed by atoms with Crippen molar-refractivity contribution in [2.75, 3.05) is 6.54 Å². The van der Waals surface area contributed by atoms with Crippen LogP contribution in [0.1, 0.15) is 53.6 Å². The summed E-state index contributed by atoms with van der Waals surface area (Å²) in [5.41, 5.74) is 0.0651. The third kappa shape index (κ3) is 5.54. The van der Waals surface area contributed by atoms with Crippen LogP contribution in [0.5, 0.6) is 0 Å². The number of carbonyl (C=O) groups is 3. The van der Waals surface area contributed by atoms with Gasteiger partial charge in [0.1, 0.15) is 17.6 Å². The van der Waals surface area contributed by atoms with Crippen LogP contribution in [0, 0.1) is 5.82 Å². The highest BCUT2D eigenvalue weighted by atomic mass is 19.1. The molecule has 1 aliphatic carbocycles. The number of rotatable bonds is 9. The van der Waals surface area contributed by atoms with Gasteiger partial charge in [0.05, 0.1) is 25.6 Å². The molecule has 4 rings (SSSR count). The fourth-order valence-electron chi connectivity index (χ4n) is 4.14. The van der Waals surface area contributed by atoms with Crippen molar-refractivity contribution in [1.82, 2.24) is 15.5 Å². The molecule has 1 saturated carbocycles. The number of benzene rings is 1. The number of furan rings is 2. The van der Waals surface area contributed by atoms with E-state index in [1.807, 2.05) is 0 Å². The van der Waals surface area contributed by atoms with Crippen molar-refractivity contribution in [3.05, 3.63) is 84.0 Å². The fraction of sp³-hybridized carbons (Fsp3) is 0.320. The molecule has 2 aromatic heterocycles. The number of amides is 3. The highest BCUT2D eigenvalue weighted by molar-refractivity contribution is 5.95. The molecule has 0 bridgehead atoms. The van der Waals surface area contributed by atoms with E-state index in [4.69, 9.17) is 8.83 Å². The Morgan fingerprint density at radius 3 is 2.41 bits per heavy atom. The first-order chi connectivity index (χ1) is 16.5.